The van der Waals surface area contributed by atoms with Gasteiger partial charge in [0.05, 0.1) is 30.8 Å². The van der Waals surface area contributed by atoms with Gasteiger partial charge in [-0.2, -0.15) is 5.10 Å². The Morgan fingerprint density at radius 2 is 1.98 bits per heavy atom. The van der Waals surface area contributed by atoms with Gasteiger partial charge in [-0.3, -0.25) is 4.79 Å². The molecule has 1 fully saturated rings. The molecule has 7 rings (SSSR count). The number of carbonyl (C=O) groups excluding carboxylic acids is 1. The lowest BCUT2D eigenvalue weighted by Crippen LogP contribution is -2.40. The molecule has 0 unspecified atom stereocenters. The zero-order chi connectivity index (χ0) is 28.8. The van der Waals surface area contributed by atoms with E-state index in [2.05, 4.69) is 19.5 Å². The molecule has 4 heterocycles. The Kier molecular flexibility index (Phi) is 6.70. The summed E-state index contributed by atoms with van der Waals surface area (Å²) in [6.07, 6.45) is 4.22. The van der Waals surface area contributed by atoms with E-state index in [0.717, 1.165) is 83.1 Å². The first-order chi connectivity index (χ1) is 20.5. The van der Waals surface area contributed by atoms with Gasteiger partial charge in [-0.15, -0.1) is 0 Å². The van der Waals surface area contributed by atoms with Crippen molar-refractivity contribution in [3.8, 4) is 34.3 Å². The summed E-state index contributed by atoms with van der Waals surface area (Å²) in [6, 6.07) is 17.5. The van der Waals surface area contributed by atoms with Crippen LogP contribution < -0.4 is 20.1 Å². The number of methoxy groups -OCH3 is 1. The molecule has 0 bridgehead atoms. The highest BCUT2D eigenvalue weighted by Gasteiger charge is 2.31. The van der Waals surface area contributed by atoms with E-state index in [9.17, 15) is 4.79 Å². The smallest absolute Gasteiger partial charge is 0.240 e. The van der Waals surface area contributed by atoms with E-state index in [-0.39, 0.29) is 11.9 Å². The van der Waals surface area contributed by atoms with Crippen molar-refractivity contribution < 1.29 is 14.3 Å². The summed E-state index contributed by atoms with van der Waals surface area (Å²) < 4.78 is 15.4. The molecule has 0 aliphatic carbocycles. The zero-order valence-electron chi connectivity index (χ0n) is 23.2. The minimum Gasteiger partial charge on any atom is -0.497 e. The minimum absolute atomic E-state index is 0.305. The van der Waals surface area contributed by atoms with Crippen LogP contribution in [0.4, 0.5) is 5.69 Å². The second-order valence-electron chi connectivity index (χ2n) is 10.7. The lowest BCUT2D eigenvalue weighted by Gasteiger charge is -2.25. The van der Waals surface area contributed by atoms with Crippen LogP contribution >= 0.6 is 11.6 Å². The lowest BCUT2D eigenvalue weighted by atomic mass is 10.1. The fourth-order valence-electron chi connectivity index (χ4n) is 5.95. The summed E-state index contributed by atoms with van der Waals surface area (Å²) in [6.45, 7) is 2.72. The minimum atomic E-state index is -0.318. The van der Waals surface area contributed by atoms with Crippen LogP contribution in [0.25, 0.3) is 33.8 Å². The summed E-state index contributed by atoms with van der Waals surface area (Å²) >= 11 is 6.83. The first-order valence-corrected chi connectivity index (χ1v) is 14.4. The number of nitrogens with zero attached hydrogens (tertiary/aromatic N) is 6. The average Bonchev–Trinajstić information content (AvgIpc) is 3.71. The molecule has 2 aliphatic heterocycles. The Morgan fingerprint density at radius 3 is 2.76 bits per heavy atom. The van der Waals surface area contributed by atoms with Crippen LogP contribution in [0.3, 0.4) is 0 Å². The standard InChI is InChI=1S/C31H30ClN7O3/c1-41-22-8-5-19(6-9-22)17-37-18-34-30(36-37)23-10-7-20(14-24(23)32)31-35-25-15-21(38-11-2-4-26(38)29(33)40)16-27-28(25)39(31)12-3-13-42-27/h5-10,14-16,18,26H,2-4,11-13,17H2,1H3,(H2,33,40)/t26-/m0/s1. The highest BCUT2D eigenvalue weighted by Crippen LogP contribution is 2.39. The van der Waals surface area contributed by atoms with Crippen LogP contribution in [0.1, 0.15) is 24.8 Å². The number of carbonyl (C=O) groups is 1. The van der Waals surface area contributed by atoms with Crippen molar-refractivity contribution in [3.63, 3.8) is 0 Å². The number of amides is 1. The first kappa shape index (κ1) is 26.3. The molecular weight excluding hydrogens is 554 g/mol. The van der Waals surface area contributed by atoms with E-state index < -0.39 is 0 Å². The molecule has 0 radical (unpaired) electrons. The van der Waals surface area contributed by atoms with Crippen molar-refractivity contribution in [3.05, 3.63) is 71.5 Å². The fourth-order valence-corrected chi connectivity index (χ4v) is 6.22. The second-order valence-corrected chi connectivity index (χ2v) is 11.1. The molecule has 1 atom stereocenters. The van der Waals surface area contributed by atoms with Gasteiger partial charge in [0.1, 0.15) is 35.2 Å². The van der Waals surface area contributed by atoms with Crippen molar-refractivity contribution in [1.29, 1.82) is 0 Å². The Hall–Kier alpha value is -4.57. The molecule has 214 valence electrons. The predicted molar refractivity (Wildman–Crippen MR) is 161 cm³/mol. The number of anilines is 1. The summed E-state index contributed by atoms with van der Waals surface area (Å²) in [4.78, 5) is 23.7. The van der Waals surface area contributed by atoms with Crippen LogP contribution in [0.2, 0.25) is 5.02 Å². The normalized spacial score (nSPS) is 16.4. The molecule has 0 saturated carbocycles. The molecule has 11 heteroatoms. The summed E-state index contributed by atoms with van der Waals surface area (Å²) in [7, 11) is 1.65. The molecule has 2 aromatic heterocycles. The van der Waals surface area contributed by atoms with Crippen LogP contribution in [0, 0.1) is 0 Å². The number of rotatable bonds is 7. The molecular formula is C31H30ClN7O3. The summed E-state index contributed by atoms with van der Waals surface area (Å²) in [5.41, 5.74) is 11.1. The van der Waals surface area contributed by atoms with Gasteiger partial charge in [0.25, 0.3) is 0 Å². The SMILES string of the molecule is COc1ccc(Cn2cnc(-c3ccc(-c4nc5cc(N6CCC[C@H]6C(N)=O)cc6c5n4CCCO6)cc3Cl)n2)cc1. The molecule has 42 heavy (non-hydrogen) atoms. The topological polar surface area (TPSA) is 113 Å². The van der Waals surface area contributed by atoms with Crippen molar-refractivity contribution >= 4 is 34.2 Å². The van der Waals surface area contributed by atoms with Gasteiger partial charge >= 0.3 is 0 Å². The van der Waals surface area contributed by atoms with Gasteiger partial charge in [0.2, 0.25) is 5.91 Å². The second kappa shape index (κ2) is 10.7. The lowest BCUT2D eigenvalue weighted by molar-refractivity contribution is -0.119. The zero-order valence-corrected chi connectivity index (χ0v) is 23.9. The maximum Gasteiger partial charge on any atom is 0.240 e. The van der Waals surface area contributed by atoms with E-state index in [0.29, 0.717) is 24.0 Å². The third kappa shape index (κ3) is 4.71. The quantitative estimate of drug-likeness (QED) is 0.290. The molecule has 2 N–H and O–H groups in total. The number of benzene rings is 3. The largest absolute Gasteiger partial charge is 0.497 e. The number of halogens is 1. The van der Waals surface area contributed by atoms with Crippen molar-refractivity contribution in [2.24, 2.45) is 5.73 Å². The molecule has 0 spiro atoms. The van der Waals surface area contributed by atoms with Gasteiger partial charge < -0.3 is 24.7 Å². The van der Waals surface area contributed by atoms with Crippen molar-refractivity contribution in [1.82, 2.24) is 24.3 Å². The molecule has 10 nitrogen and oxygen atoms in total. The molecule has 5 aromatic rings. The number of aryl methyl sites for hydroxylation is 1. The summed E-state index contributed by atoms with van der Waals surface area (Å²) in [5, 5.41) is 5.21. The Bertz CT molecular complexity index is 1800. The van der Waals surface area contributed by atoms with Gasteiger partial charge in [-0.1, -0.05) is 29.8 Å². The first-order valence-electron chi connectivity index (χ1n) is 14.0. The third-order valence-electron chi connectivity index (χ3n) is 8.00. The van der Waals surface area contributed by atoms with E-state index in [1.807, 2.05) is 54.6 Å². The molecule has 2 aliphatic rings. The number of nitrogens with two attached hydrogens (primary N) is 1. The Balaban J connectivity index is 1.21. The van der Waals surface area contributed by atoms with Gasteiger partial charge in [0.15, 0.2) is 5.82 Å². The van der Waals surface area contributed by atoms with E-state index in [1.165, 1.54) is 0 Å². The maximum absolute atomic E-state index is 12.1. The van der Waals surface area contributed by atoms with Gasteiger partial charge in [-0.05, 0) is 55.2 Å². The van der Waals surface area contributed by atoms with E-state index >= 15 is 0 Å². The molecule has 3 aromatic carbocycles. The average molecular weight is 584 g/mol. The number of aromatic nitrogens is 5. The van der Waals surface area contributed by atoms with Crippen LogP contribution in [0.15, 0.2) is 60.9 Å². The Labute approximate surface area is 247 Å². The van der Waals surface area contributed by atoms with Crippen LogP contribution in [0.5, 0.6) is 11.5 Å². The van der Waals surface area contributed by atoms with Crippen molar-refractivity contribution in [2.45, 2.75) is 38.4 Å². The number of hydrogen-bond acceptors (Lipinski definition) is 7. The van der Waals surface area contributed by atoms with E-state index in [4.69, 9.17) is 31.8 Å². The number of ether oxygens (including phenoxy) is 2. The number of hydrogen-bond donors (Lipinski definition) is 1. The van der Waals surface area contributed by atoms with Crippen LogP contribution in [-0.4, -0.2) is 56.5 Å². The molecule has 1 amide bonds. The van der Waals surface area contributed by atoms with Gasteiger partial charge in [-0.25, -0.2) is 14.6 Å². The highest BCUT2D eigenvalue weighted by atomic mass is 35.5. The third-order valence-corrected chi connectivity index (χ3v) is 8.31. The molecule has 1 saturated heterocycles. The van der Waals surface area contributed by atoms with Crippen molar-refractivity contribution in [2.75, 3.05) is 25.2 Å². The predicted octanol–water partition coefficient (Wildman–Crippen LogP) is 4.91. The monoisotopic (exact) mass is 583 g/mol. The summed E-state index contributed by atoms with van der Waals surface area (Å²) in [5.74, 6) is 2.64. The number of imidazole rings is 1. The highest BCUT2D eigenvalue weighted by molar-refractivity contribution is 6.33. The van der Waals surface area contributed by atoms with Crippen LogP contribution in [-0.2, 0) is 17.9 Å². The fraction of sp³-hybridized carbons (Fsp3) is 0.290. The Morgan fingerprint density at radius 1 is 1.12 bits per heavy atom. The number of primary amides is 1. The van der Waals surface area contributed by atoms with Gasteiger partial charge in [0, 0.05) is 36.0 Å². The van der Waals surface area contributed by atoms with E-state index in [1.54, 1.807) is 18.1 Å². The maximum atomic E-state index is 12.1.